The molecule has 0 bridgehead atoms. The van der Waals surface area contributed by atoms with Gasteiger partial charge in [-0.2, -0.15) is 0 Å². The van der Waals surface area contributed by atoms with E-state index >= 15 is 0 Å². The zero-order valence-corrected chi connectivity index (χ0v) is 16.6. The maximum atomic E-state index is 13.0. The SMILES string of the molecule is CC(O)CCC(=O)C[P+](c1ccccc1)(c1ccccc1)c1ccccc1. The molecule has 138 valence electrons. The van der Waals surface area contributed by atoms with Crippen molar-refractivity contribution in [3.63, 3.8) is 0 Å². The highest BCUT2D eigenvalue weighted by Gasteiger charge is 2.46. The molecular weight excluding hydrogens is 351 g/mol. The lowest BCUT2D eigenvalue weighted by Crippen LogP contribution is -2.35. The second-order valence-corrected chi connectivity index (χ2v) is 10.4. The van der Waals surface area contributed by atoms with Gasteiger partial charge in [-0.25, -0.2) is 0 Å². The highest BCUT2D eigenvalue weighted by atomic mass is 31.2. The van der Waals surface area contributed by atoms with Crippen LogP contribution in [0, 0.1) is 0 Å². The molecule has 0 fully saturated rings. The predicted molar refractivity (Wildman–Crippen MR) is 116 cm³/mol. The van der Waals surface area contributed by atoms with Crippen LogP contribution in [0.1, 0.15) is 19.8 Å². The van der Waals surface area contributed by atoms with Gasteiger partial charge in [-0.1, -0.05) is 54.6 Å². The van der Waals surface area contributed by atoms with E-state index in [-0.39, 0.29) is 5.78 Å². The van der Waals surface area contributed by atoms with Crippen LogP contribution in [0.5, 0.6) is 0 Å². The van der Waals surface area contributed by atoms with Crippen molar-refractivity contribution < 1.29 is 9.90 Å². The summed E-state index contributed by atoms with van der Waals surface area (Å²) in [6, 6.07) is 31.3. The molecule has 0 spiro atoms. The average Bonchev–Trinajstić information content (AvgIpc) is 2.72. The minimum atomic E-state index is -2.10. The number of carbonyl (C=O) groups excluding carboxylic acids is 1. The van der Waals surface area contributed by atoms with Crippen LogP contribution in [0.4, 0.5) is 0 Å². The molecule has 0 saturated carbocycles. The molecule has 0 amide bonds. The molecule has 1 N–H and O–H groups in total. The lowest BCUT2D eigenvalue weighted by atomic mass is 10.2. The van der Waals surface area contributed by atoms with Gasteiger partial charge in [-0.05, 0) is 49.7 Å². The van der Waals surface area contributed by atoms with E-state index in [2.05, 4.69) is 72.8 Å². The molecule has 0 aliphatic heterocycles. The Labute approximate surface area is 162 Å². The first-order valence-electron chi connectivity index (χ1n) is 9.37. The van der Waals surface area contributed by atoms with Crippen molar-refractivity contribution in [3.8, 4) is 0 Å². The first kappa shape index (κ1) is 19.5. The summed E-state index contributed by atoms with van der Waals surface area (Å²) >= 11 is 0. The normalized spacial score (nSPS) is 12.5. The molecule has 3 heteroatoms. The fourth-order valence-corrected chi connectivity index (χ4v) is 7.65. The Morgan fingerprint density at radius 1 is 0.778 bits per heavy atom. The Hall–Kier alpha value is -2.28. The molecule has 2 nitrogen and oxygen atoms in total. The minimum Gasteiger partial charge on any atom is -0.393 e. The largest absolute Gasteiger partial charge is 0.393 e. The van der Waals surface area contributed by atoms with Crippen LogP contribution in [0.25, 0.3) is 0 Å². The van der Waals surface area contributed by atoms with Crippen LogP contribution in [-0.4, -0.2) is 23.2 Å². The van der Waals surface area contributed by atoms with Gasteiger partial charge in [0.25, 0.3) is 0 Å². The summed E-state index contributed by atoms with van der Waals surface area (Å²) in [5.74, 6) is 0.209. The highest BCUT2D eigenvalue weighted by Crippen LogP contribution is 2.55. The molecule has 27 heavy (non-hydrogen) atoms. The van der Waals surface area contributed by atoms with Gasteiger partial charge < -0.3 is 5.11 Å². The monoisotopic (exact) mass is 377 g/mol. The quantitative estimate of drug-likeness (QED) is 0.608. The topological polar surface area (TPSA) is 37.3 Å². The van der Waals surface area contributed by atoms with Gasteiger partial charge in [0, 0.05) is 6.42 Å². The third-order valence-corrected chi connectivity index (χ3v) is 9.21. The van der Waals surface area contributed by atoms with Crippen molar-refractivity contribution in [2.75, 3.05) is 6.16 Å². The Morgan fingerprint density at radius 2 is 1.15 bits per heavy atom. The van der Waals surface area contributed by atoms with E-state index in [1.54, 1.807) is 6.92 Å². The second-order valence-electron chi connectivity index (χ2n) is 6.90. The van der Waals surface area contributed by atoms with E-state index in [1.165, 1.54) is 15.9 Å². The van der Waals surface area contributed by atoms with Crippen molar-refractivity contribution >= 4 is 29.0 Å². The van der Waals surface area contributed by atoms with E-state index in [0.29, 0.717) is 19.0 Å². The van der Waals surface area contributed by atoms with Gasteiger partial charge in [0.15, 0.2) is 5.78 Å². The van der Waals surface area contributed by atoms with Crippen molar-refractivity contribution in [1.29, 1.82) is 0 Å². The summed E-state index contributed by atoms with van der Waals surface area (Å²) in [4.78, 5) is 13.0. The fraction of sp³-hybridized carbons (Fsp3) is 0.208. The summed E-state index contributed by atoms with van der Waals surface area (Å²) in [6.45, 7) is 1.74. The van der Waals surface area contributed by atoms with E-state index in [4.69, 9.17) is 0 Å². The number of ketones is 1. The lowest BCUT2D eigenvalue weighted by molar-refractivity contribution is -0.117. The zero-order chi connectivity index (χ0) is 19.1. The zero-order valence-electron chi connectivity index (χ0n) is 15.7. The van der Waals surface area contributed by atoms with Crippen LogP contribution < -0.4 is 15.9 Å². The smallest absolute Gasteiger partial charge is 0.171 e. The number of aliphatic hydroxyl groups excluding tert-OH is 1. The maximum Gasteiger partial charge on any atom is 0.171 e. The predicted octanol–water partition coefficient (Wildman–Crippen LogP) is 3.71. The Morgan fingerprint density at radius 3 is 1.48 bits per heavy atom. The summed E-state index contributed by atoms with van der Waals surface area (Å²) in [5, 5.41) is 13.3. The number of hydrogen-bond donors (Lipinski definition) is 1. The number of hydrogen-bond acceptors (Lipinski definition) is 2. The number of aliphatic hydroxyl groups is 1. The van der Waals surface area contributed by atoms with Crippen molar-refractivity contribution in [2.24, 2.45) is 0 Å². The first-order chi connectivity index (χ1) is 13.1. The average molecular weight is 377 g/mol. The molecule has 0 saturated heterocycles. The van der Waals surface area contributed by atoms with Crippen molar-refractivity contribution in [1.82, 2.24) is 0 Å². The molecule has 0 aliphatic carbocycles. The lowest BCUT2D eigenvalue weighted by Gasteiger charge is -2.27. The maximum absolute atomic E-state index is 13.0. The van der Waals surface area contributed by atoms with Crippen molar-refractivity contribution in [2.45, 2.75) is 25.9 Å². The van der Waals surface area contributed by atoms with Crippen LogP contribution in [0.15, 0.2) is 91.0 Å². The van der Waals surface area contributed by atoms with E-state index in [1.807, 2.05) is 18.2 Å². The van der Waals surface area contributed by atoms with Gasteiger partial charge in [-0.3, -0.25) is 4.79 Å². The van der Waals surface area contributed by atoms with Crippen LogP contribution in [-0.2, 0) is 4.79 Å². The van der Waals surface area contributed by atoms with E-state index < -0.39 is 13.4 Å². The van der Waals surface area contributed by atoms with Crippen LogP contribution >= 0.6 is 7.26 Å². The standard InChI is InChI=1S/C24H26O2P/c1-20(25)17-18-21(26)19-27(22-11-5-2-6-12-22,23-13-7-3-8-14-23)24-15-9-4-10-16-24/h2-16,20,25H,17-19H2,1H3/q+1. The number of rotatable bonds is 8. The Kier molecular flexibility index (Phi) is 6.55. The summed E-state index contributed by atoms with van der Waals surface area (Å²) < 4.78 is 0. The highest BCUT2D eigenvalue weighted by molar-refractivity contribution is 7.96. The summed E-state index contributed by atoms with van der Waals surface area (Å²) in [7, 11) is -2.10. The third kappa shape index (κ3) is 4.53. The molecule has 0 aliphatic rings. The van der Waals surface area contributed by atoms with Crippen molar-refractivity contribution in [3.05, 3.63) is 91.0 Å². The summed E-state index contributed by atoms with van der Waals surface area (Å²) in [6.07, 6.45) is 0.952. The fourth-order valence-electron chi connectivity index (χ4n) is 3.48. The van der Waals surface area contributed by atoms with Crippen LogP contribution in [0.3, 0.4) is 0 Å². The van der Waals surface area contributed by atoms with Gasteiger partial charge >= 0.3 is 0 Å². The van der Waals surface area contributed by atoms with Crippen LogP contribution in [0.2, 0.25) is 0 Å². The van der Waals surface area contributed by atoms with Gasteiger partial charge in [0.2, 0.25) is 0 Å². The molecule has 0 aromatic heterocycles. The molecule has 3 rings (SSSR count). The number of carbonyl (C=O) groups is 1. The molecule has 0 heterocycles. The van der Waals surface area contributed by atoms with Gasteiger partial charge in [0.05, 0.1) is 6.10 Å². The molecule has 1 atom stereocenters. The summed E-state index contributed by atoms with van der Waals surface area (Å²) in [5.41, 5.74) is 0. The molecule has 3 aromatic carbocycles. The van der Waals surface area contributed by atoms with E-state index in [0.717, 1.165) is 0 Å². The second kappa shape index (κ2) is 9.08. The molecule has 1 unspecified atom stereocenters. The van der Waals surface area contributed by atoms with E-state index in [9.17, 15) is 9.90 Å². The third-order valence-electron chi connectivity index (χ3n) is 4.85. The van der Waals surface area contributed by atoms with Gasteiger partial charge in [-0.15, -0.1) is 0 Å². The Bertz CT molecular complexity index is 749. The van der Waals surface area contributed by atoms with Gasteiger partial charge in [0.1, 0.15) is 29.3 Å². The minimum absolute atomic E-state index is 0.209. The first-order valence-corrected chi connectivity index (χ1v) is 11.3. The molecule has 0 radical (unpaired) electrons. The number of Topliss-reactive ketones (excluding diaryl/α,β-unsaturated/α-hetero) is 1. The molecule has 3 aromatic rings. The Balaban J connectivity index is 2.15. The number of benzene rings is 3. The molecular formula is C24H26O2P+.